The standard InChI is InChI=1S/C17H24N6OS/c1-11-9-12(2)23(21-11)14-5-7-22(10-14)8-6-15(24)18-17-20-19-16(25-17)13-3-4-13/h9,13-14H,3-8,10H2,1-2H3,(H,18,20,24). The summed E-state index contributed by atoms with van der Waals surface area (Å²) in [5.41, 5.74) is 2.28. The molecule has 8 heteroatoms. The average Bonchev–Trinajstić information content (AvgIpc) is 2.99. The number of carbonyl (C=O) groups excluding carboxylic acids is 1. The van der Waals surface area contributed by atoms with Crippen molar-refractivity contribution in [3.8, 4) is 0 Å². The van der Waals surface area contributed by atoms with Gasteiger partial charge >= 0.3 is 0 Å². The number of anilines is 1. The van der Waals surface area contributed by atoms with Crippen molar-refractivity contribution in [2.75, 3.05) is 25.0 Å². The fraction of sp³-hybridized carbons (Fsp3) is 0.647. The summed E-state index contributed by atoms with van der Waals surface area (Å²) in [6.07, 6.45) is 3.98. The van der Waals surface area contributed by atoms with Crippen LogP contribution < -0.4 is 5.32 Å². The van der Waals surface area contributed by atoms with Gasteiger partial charge < -0.3 is 10.2 Å². The Morgan fingerprint density at radius 2 is 2.16 bits per heavy atom. The largest absolute Gasteiger partial charge is 0.301 e. The van der Waals surface area contributed by atoms with E-state index < -0.39 is 0 Å². The van der Waals surface area contributed by atoms with Gasteiger partial charge in [0.15, 0.2) is 0 Å². The van der Waals surface area contributed by atoms with Crippen LogP contribution in [0.2, 0.25) is 0 Å². The first kappa shape index (κ1) is 16.7. The Kier molecular flexibility index (Phi) is 4.56. The number of aromatic nitrogens is 4. The molecule has 1 N–H and O–H groups in total. The monoisotopic (exact) mass is 360 g/mol. The second-order valence-corrected chi connectivity index (χ2v) is 8.14. The van der Waals surface area contributed by atoms with Crippen LogP contribution in [0, 0.1) is 13.8 Å². The van der Waals surface area contributed by atoms with Crippen molar-refractivity contribution in [1.29, 1.82) is 0 Å². The zero-order valence-corrected chi connectivity index (χ0v) is 15.6. The van der Waals surface area contributed by atoms with Crippen molar-refractivity contribution in [1.82, 2.24) is 24.9 Å². The van der Waals surface area contributed by atoms with Gasteiger partial charge in [0.2, 0.25) is 11.0 Å². The summed E-state index contributed by atoms with van der Waals surface area (Å²) in [5.74, 6) is 0.604. The fourth-order valence-electron chi connectivity index (χ4n) is 3.45. The number of rotatable bonds is 6. The average molecular weight is 360 g/mol. The smallest absolute Gasteiger partial charge is 0.227 e. The third kappa shape index (κ3) is 3.90. The number of nitrogens with one attached hydrogen (secondary N) is 1. The van der Waals surface area contributed by atoms with Crippen LogP contribution >= 0.6 is 11.3 Å². The van der Waals surface area contributed by atoms with Gasteiger partial charge in [-0.1, -0.05) is 11.3 Å². The summed E-state index contributed by atoms with van der Waals surface area (Å²) in [4.78, 5) is 14.5. The molecule has 1 aliphatic heterocycles. The van der Waals surface area contributed by atoms with Crippen molar-refractivity contribution < 1.29 is 4.79 Å². The highest BCUT2D eigenvalue weighted by molar-refractivity contribution is 7.15. The molecule has 0 bridgehead atoms. The third-order valence-corrected chi connectivity index (χ3v) is 5.91. The molecule has 1 saturated heterocycles. The van der Waals surface area contributed by atoms with E-state index in [9.17, 15) is 4.79 Å². The van der Waals surface area contributed by atoms with Crippen LogP contribution in [0.5, 0.6) is 0 Å². The number of hydrogen-bond donors (Lipinski definition) is 1. The minimum Gasteiger partial charge on any atom is -0.301 e. The van der Waals surface area contributed by atoms with Gasteiger partial charge in [0.05, 0.1) is 11.7 Å². The molecule has 25 heavy (non-hydrogen) atoms. The quantitative estimate of drug-likeness (QED) is 0.856. The van der Waals surface area contributed by atoms with Gasteiger partial charge in [0.25, 0.3) is 0 Å². The van der Waals surface area contributed by atoms with Gasteiger partial charge in [0, 0.05) is 37.7 Å². The van der Waals surface area contributed by atoms with E-state index in [1.165, 1.54) is 29.9 Å². The van der Waals surface area contributed by atoms with Crippen molar-refractivity contribution in [2.24, 2.45) is 0 Å². The molecule has 1 unspecified atom stereocenters. The summed E-state index contributed by atoms with van der Waals surface area (Å²) in [6.45, 7) is 6.88. The lowest BCUT2D eigenvalue weighted by Crippen LogP contribution is -2.26. The van der Waals surface area contributed by atoms with Crippen molar-refractivity contribution in [3.05, 3.63) is 22.5 Å². The Morgan fingerprint density at radius 1 is 1.32 bits per heavy atom. The van der Waals surface area contributed by atoms with E-state index in [0.717, 1.165) is 36.8 Å². The van der Waals surface area contributed by atoms with Gasteiger partial charge in [-0.2, -0.15) is 5.10 Å². The Bertz CT molecular complexity index is 765. The number of carbonyl (C=O) groups is 1. The van der Waals surface area contributed by atoms with Crippen LogP contribution in [-0.4, -0.2) is 50.4 Å². The van der Waals surface area contributed by atoms with Crippen molar-refractivity contribution >= 4 is 22.4 Å². The molecule has 7 nitrogen and oxygen atoms in total. The molecule has 0 aromatic carbocycles. The van der Waals surface area contributed by atoms with Crippen molar-refractivity contribution in [2.45, 2.75) is 51.5 Å². The molecule has 2 aromatic rings. The summed E-state index contributed by atoms with van der Waals surface area (Å²) in [7, 11) is 0. The second-order valence-electron chi connectivity index (χ2n) is 7.13. The molecule has 1 saturated carbocycles. The summed E-state index contributed by atoms with van der Waals surface area (Å²) in [5, 5.41) is 17.4. The lowest BCUT2D eigenvalue weighted by Gasteiger charge is -2.16. The Hall–Kier alpha value is -1.80. The highest BCUT2D eigenvalue weighted by atomic mass is 32.1. The van der Waals surface area contributed by atoms with E-state index in [-0.39, 0.29) is 5.91 Å². The molecule has 4 rings (SSSR count). The molecule has 134 valence electrons. The molecule has 0 spiro atoms. The first-order valence-corrected chi connectivity index (χ1v) is 9.78. The highest BCUT2D eigenvalue weighted by Gasteiger charge is 2.28. The third-order valence-electron chi connectivity index (χ3n) is 4.91. The van der Waals surface area contributed by atoms with Crippen molar-refractivity contribution in [3.63, 3.8) is 0 Å². The van der Waals surface area contributed by atoms with Gasteiger partial charge in [-0.05, 0) is 39.2 Å². The fourth-order valence-corrected chi connectivity index (χ4v) is 4.38. The number of nitrogens with zero attached hydrogens (tertiary/aromatic N) is 5. The number of likely N-dealkylation sites (tertiary alicyclic amines) is 1. The lowest BCUT2D eigenvalue weighted by atomic mass is 10.2. The van der Waals surface area contributed by atoms with Gasteiger partial charge in [-0.25, -0.2) is 0 Å². The maximum absolute atomic E-state index is 12.2. The minimum atomic E-state index is 0.0214. The van der Waals surface area contributed by atoms with E-state index in [2.05, 4.69) is 43.2 Å². The van der Waals surface area contributed by atoms with Crippen LogP contribution in [0.3, 0.4) is 0 Å². The lowest BCUT2D eigenvalue weighted by molar-refractivity contribution is -0.116. The maximum Gasteiger partial charge on any atom is 0.227 e. The molecule has 2 fully saturated rings. The van der Waals surface area contributed by atoms with E-state index >= 15 is 0 Å². The molecule has 1 amide bonds. The van der Waals surface area contributed by atoms with E-state index in [4.69, 9.17) is 0 Å². The molecule has 2 aliphatic rings. The van der Waals surface area contributed by atoms with Gasteiger partial charge in [-0.3, -0.25) is 9.48 Å². The van der Waals surface area contributed by atoms with Crippen LogP contribution in [0.4, 0.5) is 5.13 Å². The Balaban J connectivity index is 1.24. The highest BCUT2D eigenvalue weighted by Crippen LogP contribution is 2.42. The summed E-state index contributed by atoms with van der Waals surface area (Å²) < 4.78 is 2.13. The second kappa shape index (κ2) is 6.84. The molecule has 3 heterocycles. The summed E-state index contributed by atoms with van der Waals surface area (Å²) in [6, 6.07) is 2.54. The van der Waals surface area contributed by atoms with E-state index in [0.29, 0.717) is 23.5 Å². The van der Waals surface area contributed by atoms with Crippen LogP contribution in [0.15, 0.2) is 6.07 Å². The zero-order valence-electron chi connectivity index (χ0n) is 14.7. The van der Waals surface area contributed by atoms with Crippen LogP contribution in [-0.2, 0) is 4.79 Å². The summed E-state index contributed by atoms with van der Waals surface area (Å²) >= 11 is 1.51. The number of hydrogen-bond acceptors (Lipinski definition) is 6. The first-order valence-electron chi connectivity index (χ1n) is 8.97. The zero-order chi connectivity index (χ0) is 17.4. The van der Waals surface area contributed by atoms with E-state index in [1.54, 1.807) is 0 Å². The molecule has 1 aliphatic carbocycles. The predicted molar refractivity (Wildman–Crippen MR) is 96.9 cm³/mol. The molecular weight excluding hydrogens is 336 g/mol. The molecular formula is C17H24N6OS. The maximum atomic E-state index is 12.2. The minimum absolute atomic E-state index is 0.0214. The van der Waals surface area contributed by atoms with Crippen LogP contribution in [0.1, 0.15) is 54.0 Å². The topological polar surface area (TPSA) is 75.9 Å². The number of amides is 1. The molecule has 2 aromatic heterocycles. The first-order chi connectivity index (χ1) is 12.1. The number of aryl methyl sites for hydroxylation is 2. The van der Waals surface area contributed by atoms with Gasteiger partial charge in [-0.15, -0.1) is 10.2 Å². The normalized spacial score (nSPS) is 21.0. The Morgan fingerprint density at radius 3 is 2.88 bits per heavy atom. The van der Waals surface area contributed by atoms with Gasteiger partial charge in [0.1, 0.15) is 5.01 Å². The molecule has 0 radical (unpaired) electrons. The molecule has 1 atom stereocenters. The van der Waals surface area contributed by atoms with Crippen LogP contribution in [0.25, 0.3) is 0 Å². The Labute approximate surface area is 151 Å². The SMILES string of the molecule is Cc1cc(C)n(C2CCN(CCC(=O)Nc3nnc(C4CC4)s3)C2)n1. The predicted octanol–water partition coefficient (Wildman–Crippen LogP) is 2.50. The van der Waals surface area contributed by atoms with E-state index in [1.807, 2.05) is 6.92 Å².